The first-order valence-corrected chi connectivity index (χ1v) is 11.7. The number of carboxylic acid groups (broad SMARTS) is 1. The predicted octanol–water partition coefficient (Wildman–Crippen LogP) is 5.66. The van der Waals surface area contributed by atoms with Crippen molar-refractivity contribution < 1.29 is 19.1 Å². The van der Waals surface area contributed by atoms with Gasteiger partial charge in [-0.3, -0.25) is 9.59 Å². The Balaban J connectivity index is 1.31. The molecular formula is C28H27N3O4. The molecular weight excluding hydrogens is 442 g/mol. The average Bonchev–Trinajstić information content (AvgIpc) is 3.25. The lowest BCUT2D eigenvalue weighted by Gasteiger charge is -2.29. The Morgan fingerprint density at radius 1 is 1.11 bits per heavy atom. The van der Waals surface area contributed by atoms with Crippen LogP contribution in [0.3, 0.4) is 0 Å². The van der Waals surface area contributed by atoms with Crippen LogP contribution in [-0.2, 0) is 17.8 Å². The maximum absolute atomic E-state index is 13.3. The molecule has 1 unspecified atom stereocenters. The molecule has 7 nitrogen and oxygen atoms in total. The number of oxazole rings is 1. The maximum Gasteiger partial charge on any atom is 0.303 e. The van der Waals surface area contributed by atoms with Gasteiger partial charge in [-0.15, -0.1) is 0 Å². The molecule has 0 aliphatic carbocycles. The fourth-order valence-corrected chi connectivity index (χ4v) is 4.55. The van der Waals surface area contributed by atoms with Crippen LogP contribution in [0.4, 0.5) is 11.7 Å². The van der Waals surface area contributed by atoms with Gasteiger partial charge in [-0.25, -0.2) is 0 Å². The molecule has 0 saturated carbocycles. The second kappa shape index (κ2) is 9.25. The van der Waals surface area contributed by atoms with Crippen LogP contribution in [0.25, 0.3) is 11.1 Å². The van der Waals surface area contributed by atoms with E-state index in [9.17, 15) is 9.59 Å². The van der Waals surface area contributed by atoms with Crippen molar-refractivity contribution in [1.82, 2.24) is 9.88 Å². The van der Waals surface area contributed by atoms with Gasteiger partial charge >= 0.3 is 5.97 Å². The van der Waals surface area contributed by atoms with Crippen LogP contribution in [0.1, 0.15) is 51.9 Å². The number of benzene rings is 3. The zero-order valence-corrected chi connectivity index (χ0v) is 19.7. The van der Waals surface area contributed by atoms with Crippen LogP contribution >= 0.6 is 0 Å². The summed E-state index contributed by atoms with van der Waals surface area (Å²) in [4.78, 5) is 30.7. The van der Waals surface area contributed by atoms with Crippen molar-refractivity contribution in [2.24, 2.45) is 0 Å². The van der Waals surface area contributed by atoms with Crippen LogP contribution in [0, 0.1) is 6.92 Å². The van der Waals surface area contributed by atoms with E-state index in [-0.39, 0.29) is 18.2 Å². The van der Waals surface area contributed by atoms with Gasteiger partial charge in [0.25, 0.3) is 11.9 Å². The van der Waals surface area contributed by atoms with Gasteiger partial charge in [0.15, 0.2) is 5.58 Å². The number of anilines is 2. The molecule has 2 heterocycles. The van der Waals surface area contributed by atoms with E-state index >= 15 is 0 Å². The number of aliphatic carboxylic acids is 1. The summed E-state index contributed by atoms with van der Waals surface area (Å²) < 4.78 is 5.89. The number of hydrogen-bond acceptors (Lipinski definition) is 5. The first-order valence-electron chi connectivity index (χ1n) is 11.7. The number of amides is 1. The smallest absolute Gasteiger partial charge is 0.303 e. The molecule has 5 rings (SSSR count). The number of aromatic nitrogens is 1. The molecule has 178 valence electrons. The largest absolute Gasteiger partial charge is 0.481 e. The summed E-state index contributed by atoms with van der Waals surface area (Å²) in [5.41, 5.74) is 7.11. The molecule has 3 aromatic carbocycles. The van der Waals surface area contributed by atoms with E-state index in [1.54, 1.807) is 12.1 Å². The fraction of sp³-hybridized carbons (Fsp3) is 0.250. The van der Waals surface area contributed by atoms with Crippen molar-refractivity contribution >= 4 is 34.7 Å². The fourth-order valence-electron chi connectivity index (χ4n) is 4.55. The number of carbonyl (C=O) groups is 2. The summed E-state index contributed by atoms with van der Waals surface area (Å²) in [5.74, 6) is -0.893. The van der Waals surface area contributed by atoms with E-state index in [0.29, 0.717) is 35.8 Å². The first-order chi connectivity index (χ1) is 16.9. The highest BCUT2D eigenvalue weighted by molar-refractivity contribution is 5.97. The number of rotatable bonds is 6. The van der Waals surface area contributed by atoms with Gasteiger partial charge in [-0.05, 0) is 65.8 Å². The lowest BCUT2D eigenvalue weighted by molar-refractivity contribution is -0.137. The average molecular weight is 470 g/mol. The molecule has 35 heavy (non-hydrogen) atoms. The van der Waals surface area contributed by atoms with Gasteiger partial charge < -0.3 is 19.7 Å². The molecule has 1 amide bonds. The quantitative estimate of drug-likeness (QED) is 0.378. The number of para-hydroxylation sites is 1. The molecule has 1 aliphatic heterocycles. The molecule has 0 spiro atoms. The van der Waals surface area contributed by atoms with Crippen LogP contribution in [0.15, 0.2) is 65.1 Å². The summed E-state index contributed by atoms with van der Waals surface area (Å²) >= 11 is 0. The van der Waals surface area contributed by atoms with E-state index in [2.05, 4.69) is 16.4 Å². The van der Waals surface area contributed by atoms with Crippen LogP contribution in [0.2, 0.25) is 0 Å². The predicted molar refractivity (Wildman–Crippen MR) is 134 cm³/mol. The van der Waals surface area contributed by atoms with Crippen LogP contribution in [-0.4, -0.2) is 33.4 Å². The molecule has 1 aromatic heterocycles. The lowest BCUT2D eigenvalue weighted by atomic mass is 9.91. The van der Waals surface area contributed by atoms with Gasteiger partial charge in [0, 0.05) is 24.3 Å². The van der Waals surface area contributed by atoms with Crippen molar-refractivity contribution in [3.63, 3.8) is 0 Å². The Morgan fingerprint density at radius 2 is 1.94 bits per heavy atom. The molecule has 0 saturated heterocycles. The summed E-state index contributed by atoms with van der Waals surface area (Å²) in [6.45, 7) is 5.07. The van der Waals surface area contributed by atoms with E-state index in [1.165, 1.54) is 5.56 Å². The minimum atomic E-state index is -0.797. The lowest BCUT2D eigenvalue weighted by Crippen LogP contribution is -2.36. The first kappa shape index (κ1) is 22.7. The van der Waals surface area contributed by atoms with Crippen molar-refractivity contribution in [3.8, 4) is 0 Å². The monoisotopic (exact) mass is 469 g/mol. The third-order valence-electron chi connectivity index (χ3n) is 6.60. The van der Waals surface area contributed by atoms with Gasteiger partial charge in [0.1, 0.15) is 5.52 Å². The second-order valence-corrected chi connectivity index (χ2v) is 9.15. The number of nitrogens with one attached hydrogen (secondary N) is 1. The Morgan fingerprint density at radius 3 is 2.74 bits per heavy atom. The summed E-state index contributed by atoms with van der Waals surface area (Å²) in [5, 5.41) is 12.3. The molecule has 2 N–H and O–H groups in total. The van der Waals surface area contributed by atoms with Crippen LogP contribution < -0.4 is 5.32 Å². The van der Waals surface area contributed by atoms with Crippen molar-refractivity contribution in [2.75, 3.05) is 11.9 Å². The SMILES string of the molecule is Cc1ccccc1Nc1nc2ccc(C(=O)N3CCc4cc(C(C)CC(=O)O)ccc4C3)cc2o1. The number of fused-ring (bicyclic) bond motifs is 2. The Kier molecular flexibility index (Phi) is 5.99. The standard InChI is InChI=1S/C28H27N3O4/c1-17-5-3-4-6-23(17)29-28-30-24-10-9-21(15-25(24)35-28)27(34)31-12-11-20-14-19(7-8-22(20)16-31)18(2)13-26(32)33/h3-10,14-15,18H,11-13,16H2,1-2H3,(H,29,30)(H,32,33). The van der Waals surface area contributed by atoms with Crippen molar-refractivity contribution in [2.45, 2.75) is 39.2 Å². The number of aryl methyl sites for hydroxylation is 1. The molecule has 1 atom stereocenters. The van der Waals surface area contributed by atoms with Crippen molar-refractivity contribution in [3.05, 3.63) is 88.5 Å². The molecule has 4 aromatic rings. The zero-order chi connectivity index (χ0) is 24.5. The third kappa shape index (κ3) is 4.75. The number of carbonyl (C=O) groups excluding carboxylic acids is 1. The number of hydrogen-bond donors (Lipinski definition) is 2. The van der Waals surface area contributed by atoms with Gasteiger partial charge in [0.2, 0.25) is 0 Å². The topological polar surface area (TPSA) is 95.7 Å². The van der Waals surface area contributed by atoms with Crippen LogP contribution in [0.5, 0.6) is 0 Å². The minimum absolute atomic E-state index is 0.0451. The van der Waals surface area contributed by atoms with Crippen molar-refractivity contribution in [1.29, 1.82) is 0 Å². The maximum atomic E-state index is 13.3. The van der Waals surface area contributed by atoms with Gasteiger partial charge in [0.05, 0.1) is 6.42 Å². The highest BCUT2D eigenvalue weighted by atomic mass is 16.4. The third-order valence-corrected chi connectivity index (χ3v) is 6.60. The zero-order valence-electron chi connectivity index (χ0n) is 19.7. The Labute approximate surface area is 203 Å². The molecule has 0 fully saturated rings. The molecule has 0 radical (unpaired) electrons. The second-order valence-electron chi connectivity index (χ2n) is 9.15. The molecule has 1 aliphatic rings. The van der Waals surface area contributed by atoms with Gasteiger partial charge in [-0.2, -0.15) is 4.98 Å². The highest BCUT2D eigenvalue weighted by Gasteiger charge is 2.23. The highest BCUT2D eigenvalue weighted by Crippen LogP contribution is 2.28. The van der Waals surface area contributed by atoms with E-state index < -0.39 is 5.97 Å². The minimum Gasteiger partial charge on any atom is -0.481 e. The molecule has 7 heteroatoms. The number of nitrogens with zero attached hydrogens (tertiary/aromatic N) is 2. The van der Waals surface area contributed by atoms with E-state index in [1.807, 2.05) is 61.2 Å². The Hall–Kier alpha value is -4.13. The summed E-state index contributed by atoms with van der Waals surface area (Å²) in [7, 11) is 0. The van der Waals surface area contributed by atoms with Gasteiger partial charge in [-0.1, -0.05) is 43.3 Å². The molecule has 0 bridgehead atoms. The Bertz CT molecular complexity index is 1430. The summed E-state index contributed by atoms with van der Waals surface area (Å²) in [6, 6.07) is 19.7. The van der Waals surface area contributed by atoms with E-state index in [4.69, 9.17) is 9.52 Å². The normalized spacial score (nSPS) is 13.9. The number of carboxylic acids is 1. The van der Waals surface area contributed by atoms with E-state index in [0.717, 1.165) is 28.8 Å². The summed E-state index contributed by atoms with van der Waals surface area (Å²) in [6.07, 6.45) is 0.847.